The second kappa shape index (κ2) is 6.10. The average molecular weight is 110 g/mol. The van der Waals surface area contributed by atoms with Gasteiger partial charge in [-0.25, -0.2) is 0 Å². The molecule has 0 saturated heterocycles. The Hall–Kier alpha value is -0.900. The van der Waals surface area contributed by atoms with E-state index in [-0.39, 0.29) is 0 Å². The molecule has 0 heterocycles. The van der Waals surface area contributed by atoms with E-state index in [1.807, 2.05) is 13.0 Å². The van der Waals surface area contributed by atoms with Crippen molar-refractivity contribution >= 4 is 0 Å². The Morgan fingerprint density at radius 2 is 2.50 bits per heavy atom. The zero-order valence-corrected chi connectivity index (χ0v) is 5.05. The Balaban J connectivity index is 2.94. The third kappa shape index (κ3) is 5.10. The van der Waals surface area contributed by atoms with Gasteiger partial charge in [0.15, 0.2) is 0 Å². The molecular formula is C7H10O. The first kappa shape index (κ1) is 7.10. The normalized spacial score (nSPS) is 9.00. The van der Waals surface area contributed by atoms with Gasteiger partial charge < -0.3 is 4.74 Å². The number of hydrogen-bond acceptors (Lipinski definition) is 1. The summed E-state index contributed by atoms with van der Waals surface area (Å²) in [6.07, 6.45) is 9.43. The molecule has 0 aromatic carbocycles. The van der Waals surface area contributed by atoms with Gasteiger partial charge in [-0.3, -0.25) is 0 Å². The fourth-order valence-corrected chi connectivity index (χ4v) is 0.260. The molecule has 0 rings (SSSR count). The van der Waals surface area contributed by atoms with Gasteiger partial charge in [0.1, 0.15) is 6.61 Å². The molecule has 0 amide bonds. The fourth-order valence-electron chi connectivity index (χ4n) is 0.260. The van der Waals surface area contributed by atoms with Gasteiger partial charge in [-0.2, -0.15) is 0 Å². The van der Waals surface area contributed by atoms with Crippen molar-refractivity contribution in [1.82, 2.24) is 0 Å². The minimum atomic E-state index is 0.372. The minimum absolute atomic E-state index is 0.372. The lowest BCUT2D eigenvalue weighted by molar-refractivity contribution is 0.295. The number of hydrogen-bond donors (Lipinski definition) is 0. The van der Waals surface area contributed by atoms with Crippen LogP contribution in [0.2, 0.25) is 0 Å². The van der Waals surface area contributed by atoms with Crippen LogP contribution in [0.1, 0.15) is 13.3 Å². The second-order valence-corrected chi connectivity index (χ2v) is 1.30. The Morgan fingerprint density at radius 3 is 3.00 bits per heavy atom. The first-order valence-corrected chi connectivity index (χ1v) is 2.62. The van der Waals surface area contributed by atoms with Gasteiger partial charge in [-0.1, -0.05) is 18.9 Å². The molecule has 0 aliphatic rings. The third-order valence-corrected chi connectivity index (χ3v) is 0.595. The maximum absolute atomic E-state index is 4.90. The van der Waals surface area contributed by atoms with Crippen molar-refractivity contribution in [3.05, 3.63) is 12.3 Å². The predicted molar refractivity (Wildman–Crippen MR) is 34.2 cm³/mol. The van der Waals surface area contributed by atoms with Crippen LogP contribution in [-0.2, 0) is 4.74 Å². The second-order valence-electron chi connectivity index (χ2n) is 1.30. The van der Waals surface area contributed by atoms with Crippen molar-refractivity contribution in [2.75, 3.05) is 6.61 Å². The van der Waals surface area contributed by atoms with Crippen LogP contribution in [-0.4, -0.2) is 6.61 Å². The Morgan fingerprint density at radius 1 is 1.75 bits per heavy atom. The molecule has 8 heavy (non-hydrogen) atoms. The van der Waals surface area contributed by atoms with Crippen molar-refractivity contribution in [2.24, 2.45) is 0 Å². The zero-order valence-electron chi connectivity index (χ0n) is 5.05. The summed E-state index contributed by atoms with van der Waals surface area (Å²) in [5.74, 6) is 2.35. The van der Waals surface area contributed by atoms with E-state index in [1.54, 1.807) is 6.26 Å². The molecule has 0 aromatic heterocycles. The first-order chi connectivity index (χ1) is 3.91. The molecule has 0 saturated carbocycles. The summed E-state index contributed by atoms with van der Waals surface area (Å²) >= 11 is 0. The molecule has 1 heteroatoms. The maximum atomic E-state index is 4.90. The molecule has 44 valence electrons. The van der Waals surface area contributed by atoms with Gasteiger partial charge in [0.2, 0.25) is 0 Å². The molecule has 0 aliphatic carbocycles. The molecule has 0 radical (unpaired) electrons. The van der Waals surface area contributed by atoms with Gasteiger partial charge in [0, 0.05) is 0 Å². The van der Waals surface area contributed by atoms with E-state index in [9.17, 15) is 0 Å². The highest BCUT2D eigenvalue weighted by atomic mass is 16.5. The molecule has 0 atom stereocenters. The summed E-state index contributed by atoms with van der Waals surface area (Å²) < 4.78 is 4.81. The topological polar surface area (TPSA) is 9.23 Å². The van der Waals surface area contributed by atoms with Gasteiger partial charge in [-0.05, 0) is 6.42 Å². The van der Waals surface area contributed by atoms with Crippen LogP contribution < -0.4 is 0 Å². The summed E-state index contributed by atoms with van der Waals surface area (Å²) in [6, 6.07) is 0. The minimum Gasteiger partial charge on any atom is -0.489 e. The molecule has 1 nitrogen and oxygen atoms in total. The highest BCUT2D eigenvalue weighted by molar-refractivity contribution is 4.84. The number of allylic oxidation sites excluding steroid dienone is 1. The average Bonchev–Trinajstić information content (AvgIpc) is 1.81. The fraction of sp³-hybridized carbons (Fsp3) is 0.429. The van der Waals surface area contributed by atoms with Gasteiger partial charge in [-0.15, -0.1) is 6.42 Å². The van der Waals surface area contributed by atoms with Crippen molar-refractivity contribution in [2.45, 2.75) is 13.3 Å². The van der Waals surface area contributed by atoms with Gasteiger partial charge >= 0.3 is 0 Å². The Kier molecular flexibility index (Phi) is 5.41. The van der Waals surface area contributed by atoms with Crippen molar-refractivity contribution in [3.63, 3.8) is 0 Å². The number of rotatable bonds is 3. The summed E-state index contributed by atoms with van der Waals surface area (Å²) in [6.45, 7) is 2.41. The van der Waals surface area contributed by atoms with Crippen LogP contribution in [0.4, 0.5) is 0 Å². The summed E-state index contributed by atoms with van der Waals surface area (Å²) in [5.41, 5.74) is 0. The summed E-state index contributed by atoms with van der Waals surface area (Å²) in [4.78, 5) is 0. The molecule has 0 spiro atoms. The maximum Gasteiger partial charge on any atom is 0.147 e. The zero-order chi connectivity index (χ0) is 6.24. The number of ether oxygens (including phenoxy) is 1. The lowest BCUT2D eigenvalue weighted by Crippen LogP contribution is -1.78. The Labute approximate surface area is 50.4 Å². The van der Waals surface area contributed by atoms with Crippen LogP contribution in [0, 0.1) is 12.3 Å². The summed E-state index contributed by atoms with van der Waals surface area (Å²) in [7, 11) is 0. The largest absolute Gasteiger partial charge is 0.489 e. The van der Waals surface area contributed by atoms with Gasteiger partial charge in [0.05, 0.1) is 6.26 Å². The van der Waals surface area contributed by atoms with Crippen molar-refractivity contribution in [3.8, 4) is 12.3 Å². The van der Waals surface area contributed by atoms with Crippen molar-refractivity contribution in [1.29, 1.82) is 0 Å². The van der Waals surface area contributed by atoms with E-state index < -0.39 is 0 Å². The monoisotopic (exact) mass is 110 g/mol. The predicted octanol–water partition coefficient (Wildman–Crippen LogP) is 1.56. The van der Waals surface area contributed by atoms with E-state index >= 15 is 0 Å². The summed E-state index contributed by atoms with van der Waals surface area (Å²) in [5, 5.41) is 0. The van der Waals surface area contributed by atoms with Crippen LogP contribution in [0.3, 0.4) is 0 Å². The quantitative estimate of drug-likeness (QED) is 0.304. The van der Waals surface area contributed by atoms with E-state index in [0.717, 1.165) is 6.42 Å². The smallest absolute Gasteiger partial charge is 0.147 e. The molecule has 0 unspecified atom stereocenters. The van der Waals surface area contributed by atoms with E-state index in [1.165, 1.54) is 0 Å². The van der Waals surface area contributed by atoms with Crippen LogP contribution in [0.5, 0.6) is 0 Å². The van der Waals surface area contributed by atoms with E-state index in [0.29, 0.717) is 6.61 Å². The molecule has 0 aromatic rings. The lowest BCUT2D eigenvalue weighted by atomic mass is 10.5. The molecule has 0 bridgehead atoms. The van der Waals surface area contributed by atoms with Crippen LogP contribution in [0.25, 0.3) is 0 Å². The van der Waals surface area contributed by atoms with E-state index in [2.05, 4.69) is 5.92 Å². The molecular weight excluding hydrogens is 100 g/mol. The standard InChI is InChI=1S/C7H10O/c1-3-5-7-8-6-4-2/h2,5,7H,3,6H2,1H3. The van der Waals surface area contributed by atoms with Crippen molar-refractivity contribution < 1.29 is 4.74 Å². The van der Waals surface area contributed by atoms with Crippen LogP contribution in [0.15, 0.2) is 12.3 Å². The Bertz CT molecular complexity index is 97.4. The molecule has 0 fully saturated rings. The third-order valence-electron chi connectivity index (χ3n) is 0.595. The van der Waals surface area contributed by atoms with E-state index in [4.69, 9.17) is 11.2 Å². The molecule has 0 aliphatic heterocycles. The highest BCUT2D eigenvalue weighted by Crippen LogP contribution is 1.79. The number of terminal acetylenes is 1. The lowest BCUT2D eigenvalue weighted by Gasteiger charge is -1.87. The SMILES string of the molecule is C#CCOC=CCC. The van der Waals surface area contributed by atoms with Crippen LogP contribution >= 0.6 is 0 Å². The first-order valence-electron chi connectivity index (χ1n) is 2.62. The molecule has 0 N–H and O–H groups in total. The highest BCUT2D eigenvalue weighted by Gasteiger charge is 1.67. The van der Waals surface area contributed by atoms with Gasteiger partial charge in [0.25, 0.3) is 0 Å².